The number of carbonyl (C=O) groups excluding carboxylic acids is 2. The van der Waals surface area contributed by atoms with Crippen LogP contribution >= 0.6 is 22.7 Å². The number of aryl methyl sites for hydroxylation is 1. The molecule has 0 spiro atoms. The molecule has 0 bridgehead atoms. The fraction of sp³-hybridized carbons (Fsp3) is 0.412. The van der Waals surface area contributed by atoms with Gasteiger partial charge in [0.2, 0.25) is 0 Å². The predicted molar refractivity (Wildman–Crippen MR) is 92.3 cm³/mol. The van der Waals surface area contributed by atoms with Crippen LogP contribution in [0, 0.1) is 0 Å². The molecule has 1 aliphatic rings. The van der Waals surface area contributed by atoms with Crippen LogP contribution in [0.4, 0.5) is 0 Å². The Balaban J connectivity index is 1.43. The molecule has 1 N–H and O–H groups in total. The summed E-state index contributed by atoms with van der Waals surface area (Å²) in [5.41, 5.74) is 1.78. The molecule has 1 amide bonds. The summed E-state index contributed by atoms with van der Waals surface area (Å²) in [6, 6.07) is 4.03. The Kier molecular flexibility index (Phi) is 5.46. The largest absolute Gasteiger partial charge is 0.452 e. The quantitative estimate of drug-likeness (QED) is 0.815. The minimum absolute atomic E-state index is 0.214. The molecular weight excluding hydrogens is 330 g/mol. The summed E-state index contributed by atoms with van der Waals surface area (Å²) in [5, 5.41) is 6.66. The first-order valence-electron chi connectivity index (χ1n) is 7.79. The zero-order chi connectivity index (χ0) is 16.1. The van der Waals surface area contributed by atoms with E-state index >= 15 is 0 Å². The Labute approximate surface area is 143 Å². The van der Waals surface area contributed by atoms with Crippen molar-refractivity contribution >= 4 is 34.6 Å². The van der Waals surface area contributed by atoms with Crippen LogP contribution in [0.2, 0.25) is 0 Å². The molecule has 1 aliphatic carbocycles. The number of hydrogen-bond acceptors (Lipinski definition) is 5. The molecule has 6 heteroatoms. The minimum Gasteiger partial charge on any atom is -0.452 e. The Morgan fingerprint density at radius 1 is 1.22 bits per heavy atom. The highest BCUT2D eigenvalue weighted by Crippen LogP contribution is 2.30. The zero-order valence-corrected chi connectivity index (χ0v) is 14.4. The Bertz CT molecular complexity index is 676. The fourth-order valence-corrected chi connectivity index (χ4v) is 4.53. The van der Waals surface area contributed by atoms with Crippen molar-refractivity contribution in [3.63, 3.8) is 0 Å². The maximum atomic E-state index is 12.1. The van der Waals surface area contributed by atoms with Gasteiger partial charge >= 0.3 is 5.97 Å². The van der Waals surface area contributed by atoms with E-state index in [-0.39, 0.29) is 18.5 Å². The third-order valence-corrected chi connectivity index (χ3v) is 5.91. The van der Waals surface area contributed by atoms with Gasteiger partial charge in [-0.25, -0.2) is 4.79 Å². The van der Waals surface area contributed by atoms with Crippen LogP contribution in [0.5, 0.6) is 0 Å². The van der Waals surface area contributed by atoms with E-state index < -0.39 is 0 Å². The van der Waals surface area contributed by atoms with Crippen molar-refractivity contribution < 1.29 is 14.3 Å². The van der Waals surface area contributed by atoms with Crippen LogP contribution in [0.1, 0.15) is 38.5 Å². The number of ether oxygens (including phenoxy) is 1. The molecule has 0 saturated carbocycles. The Morgan fingerprint density at radius 3 is 2.91 bits per heavy atom. The summed E-state index contributed by atoms with van der Waals surface area (Å²) < 4.78 is 5.16. The summed E-state index contributed by atoms with van der Waals surface area (Å²) in [5.74, 6) is -0.628. The predicted octanol–water partition coefficient (Wildman–Crippen LogP) is 3.20. The van der Waals surface area contributed by atoms with Gasteiger partial charge in [0.25, 0.3) is 5.91 Å². The lowest BCUT2D eigenvalue weighted by Gasteiger charge is -2.12. The number of fused-ring (bicyclic) bond motifs is 1. The smallest absolute Gasteiger partial charge is 0.339 e. The molecule has 2 aromatic heterocycles. The molecule has 3 rings (SSSR count). The molecule has 0 unspecified atom stereocenters. The van der Waals surface area contributed by atoms with Crippen LogP contribution in [-0.2, 0) is 28.8 Å². The summed E-state index contributed by atoms with van der Waals surface area (Å²) in [6.07, 6.45) is 5.10. The molecule has 122 valence electrons. The number of amides is 1. The Hall–Kier alpha value is -1.66. The molecule has 23 heavy (non-hydrogen) atoms. The fourth-order valence-electron chi connectivity index (χ4n) is 2.70. The second-order valence-corrected chi connectivity index (χ2v) is 7.51. The normalized spacial score (nSPS) is 13.4. The molecule has 2 heterocycles. The van der Waals surface area contributed by atoms with E-state index in [2.05, 4.69) is 5.32 Å². The van der Waals surface area contributed by atoms with Crippen LogP contribution in [-0.4, -0.2) is 25.0 Å². The van der Waals surface area contributed by atoms with Crippen molar-refractivity contribution in [1.82, 2.24) is 5.32 Å². The lowest BCUT2D eigenvalue weighted by molar-refractivity contribution is -0.124. The summed E-state index contributed by atoms with van der Waals surface area (Å²) >= 11 is 3.30. The van der Waals surface area contributed by atoms with Crippen LogP contribution in [0.25, 0.3) is 0 Å². The number of rotatable bonds is 6. The number of nitrogens with one attached hydrogen (secondary N) is 1. The van der Waals surface area contributed by atoms with E-state index in [9.17, 15) is 9.59 Å². The molecule has 0 atom stereocenters. The minimum atomic E-state index is -0.377. The third-order valence-electron chi connectivity index (χ3n) is 3.89. The highest BCUT2D eigenvalue weighted by Gasteiger charge is 2.21. The highest BCUT2D eigenvalue weighted by atomic mass is 32.1. The van der Waals surface area contributed by atoms with Gasteiger partial charge in [0.1, 0.15) is 0 Å². The van der Waals surface area contributed by atoms with Gasteiger partial charge in [-0.05, 0) is 49.1 Å². The van der Waals surface area contributed by atoms with Crippen LogP contribution < -0.4 is 5.32 Å². The standard InChI is InChI=1S/C17H19NO3S2/c19-16(18-8-7-12-4-3-9-22-12)10-21-17(20)14-11-23-15-6-2-1-5-13(14)15/h3-4,9,11H,1-2,5-8,10H2,(H,18,19). The van der Waals surface area contributed by atoms with Crippen molar-refractivity contribution in [3.8, 4) is 0 Å². The van der Waals surface area contributed by atoms with Gasteiger partial charge < -0.3 is 10.1 Å². The lowest BCUT2D eigenvalue weighted by atomic mass is 9.96. The van der Waals surface area contributed by atoms with Gasteiger partial charge in [-0.2, -0.15) is 0 Å². The first-order chi connectivity index (χ1) is 11.2. The summed E-state index contributed by atoms with van der Waals surface area (Å²) in [7, 11) is 0. The maximum Gasteiger partial charge on any atom is 0.339 e. The van der Waals surface area contributed by atoms with Crippen LogP contribution in [0.3, 0.4) is 0 Å². The molecule has 0 saturated heterocycles. The van der Waals surface area contributed by atoms with E-state index in [4.69, 9.17) is 4.74 Å². The van der Waals surface area contributed by atoms with Gasteiger partial charge in [0, 0.05) is 21.7 Å². The number of carbonyl (C=O) groups is 2. The second kappa shape index (κ2) is 7.75. The molecule has 0 aromatic carbocycles. The SMILES string of the molecule is O=C(COC(=O)c1csc2c1CCCC2)NCCc1cccs1. The first kappa shape index (κ1) is 16.2. The number of hydrogen-bond donors (Lipinski definition) is 1. The van der Waals surface area contributed by atoms with E-state index in [1.54, 1.807) is 22.7 Å². The topological polar surface area (TPSA) is 55.4 Å². The van der Waals surface area contributed by atoms with Crippen molar-refractivity contribution in [3.05, 3.63) is 43.8 Å². The average Bonchev–Trinajstić information content (AvgIpc) is 3.22. The number of thiophene rings is 2. The monoisotopic (exact) mass is 349 g/mol. The summed E-state index contributed by atoms with van der Waals surface area (Å²) in [6.45, 7) is 0.346. The van der Waals surface area contributed by atoms with E-state index in [0.717, 1.165) is 31.2 Å². The summed E-state index contributed by atoms with van der Waals surface area (Å²) in [4.78, 5) is 26.4. The van der Waals surface area contributed by atoms with Crippen LogP contribution in [0.15, 0.2) is 22.9 Å². The Morgan fingerprint density at radius 2 is 2.09 bits per heavy atom. The molecule has 0 aliphatic heterocycles. The molecule has 2 aromatic rings. The second-order valence-electron chi connectivity index (χ2n) is 5.51. The van der Waals surface area contributed by atoms with Crippen molar-refractivity contribution in [1.29, 1.82) is 0 Å². The molecule has 4 nitrogen and oxygen atoms in total. The zero-order valence-electron chi connectivity index (χ0n) is 12.8. The van der Waals surface area contributed by atoms with Gasteiger partial charge in [0.15, 0.2) is 6.61 Å². The van der Waals surface area contributed by atoms with E-state index in [1.807, 2.05) is 22.9 Å². The average molecular weight is 349 g/mol. The van der Waals surface area contributed by atoms with Gasteiger partial charge in [-0.15, -0.1) is 22.7 Å². The van der Waals surface area contributed by atoms with Gasteiger partial charge in [0.05, 0.1) is 5.56 Å². The third kappa shape index (κ3) is 4.20. The lowest BCUT2D eigenvalue weighted by Crippen LogP contribution is -2.30. The molecular formula is C17H19NO3S2. The van der Waals surface area contributed by atoms with Gasteiger partial charge in [-0.3, -0.25) is 4.79 Å². The van der Waals surface area contributed by atoms with Crippen molar-refractivity contribution in [2.24, 2.45) is 0 Å². The molecule has 0 radical (unpaired) electrons. The maximum absolute atomic E-state index is 12.1. The van der Waals surface area contributed by atoms with Gasteiger partial charge in [-0.1, -0.05) is 6.07 Å². The number of esters is 1. The molecule has 0 fully saturated rings. The van der Waals surface area contributed by atoms with Crippen molar-refractivity contribution in [2.75, 3.05) is 13.2 Å². The van der Waals surface area contributed by atoms with E-state index in [1.165, 1.54) is 16.2 Å². The highest BCUT2D eigenvalue weighted by molar-refractivity contribution is 7.10. The van der Waals surface area contributed by atoms with Crippen molar-refractivity contribution in [2.45, 2.75) is 32.1 Å². The van der Waals surface area contributed by atoms with E-state index in [0.29, 0.717) is 12.1 Å². The first-order valence-corrected chi connectivity index (χ1v) is 9.55.